The van der Waals surface area contributed by atoms with Gasteiger partial charge in [0.25, 0.3) is 0 Å². The molecular formula is C16H20ClN5O. The second-order valence-electron chi connectivity index (χ2n) is 5.68. The van der Waals surface area contributed by atoms with E-state index in [9.17, 15) is 4.79 Å². The van der Waals surface area contributed by atoms with Gasteiger partial charge in [0.05, 0.1) is 17.4 Å². The first kappa shape index (κ1) is 15.8. The van der Waals surface area contributed by atoms with Crippen LogP contribution in [0.3, 0.4) is 0 Å². The maximum absolute atomic E-state index is 13.1. The minimum absolute atomic E-state index is 0.0941. The molecule has 6 nitrogen and oxygen atoms in total. The number of nitrogens with zero attached hydrogens (tertiary/aromatic N) is 2. The molecule has 1 unspecified atom stereocenters. The first-order valence-corrected chi connectivity index (χ1v) is 7.99. The quantitative estimate of drug-likeness (QED) is 0.751. The number of hydrogen-bond donors (Lipinski definition) is 3. The van der Waals surface area contributed by atoms with Crippen molar-refractivity contribution in [2.24, 2.45) is 0 Å². The summed E-state index contributed by atoms with van der Waals surface area (Å²) in [7, 11) is 1.78. The third-order valence-corrected chi connectivity index (χ3v) is 4.41. The van der Waals surface area contributed by atoms with E-state index in [2.05, 4.69) is 10.6 Å². The molecule has 1 aliphatic heterocycles. The Balaban J connectivity index is 2.27. The Morgan fingerprint density at radius 3 is 2.61 bits per heavy atom. The molecule has 1 aromatic carbocycles. The Hall–Kier alpha value is -2.05. The van der Waals surface area contributed by atoms with E-state index in [4.69, 9.17) is 17.0 Å². The van der Waals surface area contributed by atoms with Gasteiger partial charge in [-0.25, -0.2) is 4.79 Å². The lowest BCUT2D eigenvalue weighted by Crippen LogP contribution is -2.29. The van der Waals surface area contributed by atoms with Gasteiger partial charge in [-0.2, -0.15) is 0 Å². The molecule has 122 valence electrons. The van der Waals surface area contributed by atoms with Crippen LogP contribution in [0.15, 0.2) is 29.1 Å². The highest BCUT2D eigenvalue weighted by Crippen LogP contribution is 2.25. The minimum Gasteiger partial charge on any atom is -0.373 e. The number of rotatable bonds is 4. The fraction of sp³-hybridized carbons (Fsp3) is 0.375. The molecule has 1 saturated heterocycles. The molecule has 1 atom stereocenters. The lowest BCUT2D eigenvalue weighted by molar-refractivity contribution is 0.531. The molecule has 0 saturated carbocycles. The first-order chi connectivity index (χ1) is 11.0. The fourth-order valence-corrected chi connectivity index (χ4v) is 3.26. The Kier molecular flexibility index (Phi) is 4.28. The van der Waals surface area contributed by atoms with E-state index in [0.717, 1.165) is 19.5 Å². The zero-order chi connectivity index (χ0) is 16.6. The molecule has 1 aliphatic rings. The molecule has 0 bridgehead atoms. The van der Waals surface area contributed by atoms with Gasteiger partial charge < -0.3 is 16.0 Å². The van der Waals surface area contributed by atoms with E-state index < -0.39 is 0 Å². The topological polar surface area (TPSA) is 74.8 Å². The van der Waals surface area contributed by atoms with Gasteiger partial charge in [-0.1, -0.05) is 11.6 Å². The van der Waals surface area contributed by atoms with Crippen LogP contribution in [0.5, 0.6) is 0 Å². The van der Waals surface area contributed by atoms with Crippen molar-refractivity contribution in [3.63, 3.8) is 0 Å². The Morgan fingerprint density at radius 1 is 1.39 bits per heavy atom. The summed E-state index contributed by atoms with van der Waals surface area (Å²) in [5.74, 6) is 0.686. The SMILES string of the molecule is CNc1c(C(C)=N)n(-c2ccc(Cl)cc2)c(=O)n1C1CCNC1. The van der Waals surface area contributed by atoms with E-state index in [-0.39, 0.29) is 11.7 Å². The largest absolute Gasteiger partial charge is 0.373 e. The molecule has 0 amide bonds. The molecule has 1 aromatic heterocycles. The lowest BCUT2D eigenvalue weighted by atomic mass is 10.2. The molecule has 0 aliphatic carbocycles. The molecule has 0 radical (unpaired) electrons. The summed E-state index contributed by atoms with van der Waals surface area (Å²) in [6.45, 7) is 3.35. The second kappa shape index (κ2) is 6.22. The van der Waals surface area contributed by atoms with Crippen molar-refractivity contribution in [3.8, 4) is 5.69 Å². The van der Waals surface area contributed by atoms with Crippen LogP contribution in [-0.4, -0.2) is 35.0 Å². The van der Waals surface area contributed by atoms with Gasteiger partial charge >= 0.3 is 5.69 Å². The standard InChI is InChI=1S/C16H20ClN5O/c1-10(18)14-15(19-2)22(13-7-8-20-9-13)16(23)21(14)12-5-3-11(17)4-6-12/h3-6,13,18-20H,7-9H2,1-2H3. The summed E-state index contributed by atoms with van der Waals surface area (Å²) in [6.07, 6.45) is 0.899. The van der Waals surface area contributed by atoms with Crippen molar-refractivity contribution in [1.29, 1.82) is 5.41 Å². The van der Waals surface area contributed by atoms with E-state index in [1.54, 1.807) is 47.4 Å². The molecule has 2 aromatic rings. The maximum Gasteiger partial charge on any atom is 0.335 e. The van der Waals surface area contributed by atoms with Gasteiger partial charge in [-0.05, 0) is 44.2 Å². The number of benzene rings is 1. The maximum atomic E-state index is 13.1. The van der Waals surface area contributed by atoms with Gasteiger partial charge in [0.2, 0.25) is 0 Å². The summed E-state index contributed by atoms with van der Waals surface area (Å²) in [5, 5.41) is 15.2. The highest BCUT2D eigenvalue weighted by atomic mass is 35.5. The number of halogens is 1. The third-order valence-electron chi connectivity index (χ3n) is 4.16. The zero-order valence-electron chi connectivity index (χ0n) is 13.2. The van der Waals surface area contributed by atoms with Crippen LogP contribution in [0.2, 0.25) is 5.02 Å². The first-order valence-electron chi connectivity index (χ1n) is 7.61. The van der Waals surface area contributed by atoms with E-state index in [0.29, 0.717) is 27.9 Å². The van der Waals surface area contributed by atoms with Crippen LogP contribution in [0.1, 0.15) is 25.1 Å². The molecular weight excluding hydrogens is 314 g/mol. The summed E-state index contributed by atoms with van der Waals surface area (Å²) in [5.41, 5.74) is 1.51. The van der Waals surface area contributed by atoms with Crippen LogP contribution in [0.4, 0.5) is 5.82 Å². The Bertz CT molecular complexity index is 784. The number of aromatic nitrogens is 2. The van der Waals surface area contributed by atoms with Crippen LogP contribution in [0, 0.1) is 5.41 Å². The molecule has 3 N–H and O–H groups in total. The molecule has 23 heavy (non-hydrogen) atoms. The van der Waals surface area contributed by atoms with Crippen LogP contribution in [0.25, 0.3) is 5.69 Å². The van der Waals surface area contributed by atoms with Crippen LogP contribution < -0.4 is 16.3 Å². The van der Waals surface area contributed by atoms with E-state index in [1.807, 2.05) is 0 Å². The van der Waals surface area contributed by atoms with Gasteiger partial charge in [0.15, 0.2) is 0 Å². The number of hydrogen-bond acceptors (Lipinski definition) is 4. The highest BCUT2D eigenvalue weighted by Gasteiger charge is 2.28. The molecule has 7 heteroatoms. The summed E-state index contributed by atoms with van der Waals surface area (Å²) in [4.78, 5) is 13.1. The molecule has 1 fully saturated rings. The van der Waals surface area contributed by atoms with Crippen molar-refractivity contribution in [1.82, 2.24) is 14.5 Å². The van der Waals surface area contributed by atoms with Gasteiger partial charge in [-0.15, -0.1) is 0 Å². The second-order valence-corrected chi connectivity index (χ2v) is 6.12. The number of anilines is 1. The minimum atomic E-state index is -0.132. The molecule has 0 spiro atoms. The predicted octanol–water partition coefficient (Wildman–Crippen LogP) is 2.26. The Morgan fingerprint density at radius 2 is 2.09 bits per heavy atom. The van der Waals surface area contributed by atoms with Crippen molar-refractivity contribution in [2.75, 3.05) is 25.5 Å². The number of imidazole rings is 1. The zero-order valence-corrected chi connectivity index (χ0v) is 13.9. The van der Waals surface area contributed by atoms with Crippen LogP contribution in [-0.2, 0) is 0 Å². The van der Waals surface area contributed by atoms with E-state index >= 15 is 0 Å². The average Bonchev–Trinajstić information content (AvgIpc) is 3.13. The third kappa shape index (κ3) is 2.68. The monoisotopic (exact) mass is 333 g/mol. The van der Waals surface area contributed by atoms with Crippen molar-refractivity contribution in [3.05, 3.63) is 45.5 Å². The van der Waals surface area contributed by atoms with Crippen LogP contribution >= 0.6 is 11.6 Å². The Labute approximate surface area is 139 Å². The predicted molar refractivity (Wildman–Crippen MR) is 93.6 cm³/mol. The summed E-state index contributed by atoms with van der Waals surface area (Å²) < 4.78 is 3.35. The van der Waals surface area contributed by atoms with E-state index in [1.165, 1.54) is 0 Å². The van der Waals surface area contributed by atoms with Crippen molar-refractivity contribution < 1.29 is 0 Å². The van der Waals surface area contributed by atoms with Gasteiger partial charge in [0, 0.05) is 18.6 Å². The smallest absolute Gasteiger partial charge is 0.335 e. The van der Waals surface area contributed by atoms with Crippen molar-refractivity contribution in [2.45, 2.75) is 19.4 Å². The summed E-state index contributed by atoms with van der Waals surface area (Å²) in [6, 6.07) is 7.19. The van der Waals surface area contributed by atoms with Gasteiger partial charge in [0.1, 0.15) is 11.5 Å². The highest BCUT2D eigenvalue weighted by molar-refractivity contribution is 6.30. The van der Waals surface area contributed by atoms with Gasteiger partial charge in [-0.3, -0.25) is 9.13 Å². The molecule has 3 rings (SSSR count). The average molecular weight is 334 g/mol. The number of nitrogens with one attached hydrogen (secondary N) is 3. The normalized spacial score (nSPS) is 17.4. The lowest BCUT2D eigenvalue weighted by Gasteiger charge is -2.13. The van der Waals surface area contributed by atoms with Crippen molar-refractivity contribution >= 4 is 23.1 Å². The fourth-order valence-electron chi connectivity index (χ4n) is 3.13. The summed E-state index contributed by atoms with van der Waals surface area (Å²) >= 11 is 5.95. The molecule has 2 heterocycles.